The fourth-order valence-electron chi connectivity index (χ4n) is 20.4. The number of hydrogen-bond acceptors (Lipinski definition) is 18. The summed E-state index contributed by atoms with van der Waals surface area (Å²) >= 11 is 0. The molecule has 8 aromatic carbocycles. The number of carboxylic acids is 1. The number of alkyl carbamates (subject to hydrolysis) is 1. The van der Waals surface area contributed by atoms with Crippen molar-refractivity contribution in [1.82, 2.24) is 93.3 Å². The van der Waals surface area contributed by atoms with Crippen LogP contribution in [0.1, 0.15) is 140 Å². The number of carboxylic acid groups (broad SMARTS) is 1. The van der Waals surface area contributed by atoms with Crippen molar-refractivity contribution in [3.8, 4) is 11.1 Å². The number of nitrogens with zero attached hydrogens (tertiary/aromatic N) is 1. The topological polar surface area (TPSA) is 586 Å². The first-order valence-electron chi connectivity index (χ1n) is 51.3. The van der Waals surface area contributed by atoms with Crippen molar-refractivity contribution >= 4 is 142 Å². The van der Waals surface area contributed by atoms with Gasteiger partial charge in [0.2, 0.25) is 65.0 Å². The minimum atomic E-state index is -1.46. The molecule has 26 N–H and O–H groups in total. The van der Waals surface area contributed by atoms with E-state index in [0.29, 0.717) is 102 Å². The van der Waals surface area contributed by atoms with E-state index >= 15 is 38.4 Å². The van der Waals surface area contributed by atoms with E-state index in [4.69, 9.17) is 27.7 Å². The van der Waals surface area contributed by atoms with Crippen LogP contribution in [-0.2, 0) is 101 Å². The van der Waals surface area contributed by atoms with Crippen molar-refractivity contribution in [1.29, 1.82) is 0 Å². The molecule has 0 saturated carbocycles. The molecule has 1 aliphatic heterocycles. The summed E-state index contributed by atoms with van der Waals surface area (Å²) in [5.74, 6) is -10.2. The normalized spacial score (nSPS) is 14.9. The number of ether oxygens (including phenoxy) is 1. The number of aliphatic carboxylic acids is 1. The number of fused-ring (bicyclic) bond motifs is 9. The number of nitrogens with one attached hydrogen (secondary N) is 17. The van der Waals surface area contributed by atoms with E-state index < -0.39 is 150 Å². The summed E-state index contributed by atoms with van der Waals surface area (Å²) in [5.41, 5.74) is 36.4. The molecule has 37 heteroatoms. The van der Waals surface area contributed by atoms with E-state index in [1.54, 1.807) is 43.2 Å². The molecule has 1 aliphatic carbocycles. The van der Waals surface area contributed by atoms with E-state index in [9.17, 15) is 29.1 Å². The van der Waals surface area contributed by atoms with Gasteiger partial charge in [-0.3, -0.25) is 52.7 Å². The van der Waals surface area contributed by atoms with E-state index in [0.717, 1.165) is 76.8 Å². The van der Waals surface area contributed by atoms with Crippen molar-refractivity contribution in [3.05, 3.63) is 276 Å². The maximum atomic E-state index is 15.8. The SMILES string of the molecule is NCCCC[C@@H](NC(=O)[C@@H](Cc1c[nH]c2ccccc12)NC(=O)[C@@H](CCCCN)NC(=O)[C@@H](Cc1c[nH]c2ccccc12)NC(=O)CNC(=O)[C@H]1CCCN1C(=O)[C@@H](Cc1c[nH]c2ccccc12)NC(=O)[C@@H](CCCCN)NC(=O)[C@@H](Cc1c[nH]c2ccccc12)NC(=O)[C@@H](CCCCN)NC(=O)[C@@H](Cc1c[nH]c2ccccc12)NC(=O)OCC1c2ccccc2-c2ccccc21)C(=O)N[C@H](Cc1c[nH]c2ccccc12)C(=O)O. The number of unbranched alkanes of at least 4 members (excludes halogenated alkanes) is 4. The van der Waals surface area contributed by atoms with Gasteiger partial charge in [-0.1, -0.05) is 158 Å². The number of likely N-dealkylation sites (tertiary alicyclic amines) is 1. The van der Waals surface area contributed by atoms with Crippen LogP contribution in [-0.4, -0.2) is 229 Å². The quantitative estimate of drug-likeness (QED) is 0.0159. The standard InChI is InChI=1S/C112H130N22O15/c113-47-21-17-42-89(101(136)129-95(54-68-60-119-85-38-13-7-28-74(68)85)107(142)127-92(45-20-24-50-116)104(139)132-98(111(146)147)57-71-63-122-88-41-16-10-31-77(71)88)125-105(140)93(52-66-58-117-83-36-11-5-26-72(66)83)124-100(135)64-123-109(144)99-46-25-51-134(99)110(145)97(56-70-62-121-87-40-15-9-30-76(70)87)131-103(138)91(44-19-23-49-115)126-106(141)94(53-67-59-118-84-37-12-6-27-73(67)84)130-102(137)90(43-18-22-48-114)128-108(143)96(55-69-61-120-86-39-14-8-29-75(69)86)133-112(148)149-65-82-80-34-3-1-32-78(80)79-33-2-4-35-81(79)82/h1-16,26-41,58-63,82,89-99,117-122H,17-25,42-57,64-65,113-116H2,(H,123,144)(H,124,135)(H,125,140)(H,126,141)(H,127,142)(H,128,143)(H,129,136)(H,130,137)(H,131,138)(H,132,139)(H,133,148)(H,146,147)/t89-,90-,91-,92-,93-,94-,95-,96-,97-,98-,99-/m1/s1. The van der Waals surface area contributed by atoms with Gasteiger partial charge in [-0.2, -0.15) is 0 Å². The smallest absolute Gasteiger partial charge is 0.407 e. The second-order valence-corrected chi connectivity index (χ2v) is 38.4. The first-order valence-corrected chi connectivity index (χ1v) is 51.3. The number of aromatic amines is 6. The van der Waals surface area contributed by atoms with Gasteiger partial charge in [0.1, 0.15) is 73.1 Å². The molecule has 11 atom stereocenters. The van der Waals surface area contributed by atoms with Crippen LogP contribution in [0.2, 0.25) is 0 Å². The maximum absolute atomic E-state index is 15.8. The Hall–Kier alpha value is -16.3. The van der Waals surface area contributed by atoms with Gasteiger partial charge in [0.05, 0.1) is 6.54 Å². The Bertz CT molecular complexity index is 7070. The zero-order valence-corrected chi connectivity index (χ0v) is 82.9. The lowest BCUT2D eigenvalue weighted by Gasteiger charge is -2.30. The highest BCUT2D eigenvalue weighted by atomic mass is 16.5. The first-order chi connectivity index (χ1) is 72.5. The number of rotatable bonds is 53. The van der Waals surface area contributed by atoms with Gasteiger partial charge in [-0.15, -0.1) is 0 Å². The predicted molar refractivity (Wildman–Crippen MR) is 568 cm³/mol. The summed E-state index contributed by atoms with van der Waals surface area (Å²) in [6.07, 6.45) is 12.1. The Morgan fingerprint density at radius 3 is 0.919 bits per heavy atom. The fraction of sp³-hybridized carbons (Fsp3) is 0.348. The van der Waals surface area contributed by atoms with Gasteiger partial charge in [0.15, 0.2) is 0 Å². The molecule has 1 fully saturated rings. The van der Waals surface area contributed by atoms with Gasteiger partial charge in [0, 0.05) is 154 Å². The Morgan fingerprint density at radius 2 is 0.591 bits per heavy atom. The number of benzene rings is 8. The van der Waals surface area contributed by atoms with Crippen molar-refractivity contribution in [2.75, 3.05) is 45.9 Å². The van der Waals surface area contributed by atoms with Gasteiger partial charge < -0.3 is 126 Å². The molecular formula is C112H130N22O15. The van der Waals surface area contributed by atoms with Crippen LogP contribution in [0.15, 0.2) is 231 Å². The van der Waals surface area contributed by atoms with Crippen molar-refractivity contribution < 1.29 is 72.2 Å². The molecule has 778 valence electrons. The van der Waals surface area contributed by atoms with E-state index in [2.05, 4.69) is 88.4 Å². The highest BCUT2D eigenvalue weighted by molar-refractivity contribution is 6.02. The summed E-state index contributed by atoms with van der Waals surface area (Å²) < 4.78 is 6.03. The molecule has 0 unspecified atom stereocenters. The van der Waals surface area contributed by atoms with Gasteiger partial charge in [-0.05, 0) is 208 Å². The van der Waals surface area contributed by atoms with Crippen LogP contribution >= 0.6 is 0 Å². The Labute approximate surface area is 859 Å². The third-order valence-corrected chi connectivity index (χ3v) is 28.3. The Kier molecular flexibility index (Phi) is 35.9. The van der Waals surface area contributed by atoms with Gasteiger partial charge in [-0.25, -0.2) is 9.59 Å². The highest BCUT2D eigenvalue weighted by Crippen LogP contribution is 2.45. The number of nitrogens with two attached hydrogens (primary N) is 4. The van der Waals surface area contributed by atoms with Gasteiger partial charge >= 0.3 is 12.1 Å². The minimum Gasteiger partial charge on any atom is -0.480 e. The maximum Gasteiger partial charge on any atom is 0.407 e. The van der Waals surface area contributed by atoms with Crippen molar-refractivity contribution in [2.45, 2.75) is 201 Å². The monoisotopic (exact) mass is 2020 g/mol. The first kappa shape index (κ1) is 106. The third-order valence-electron chi connectivity index (χ3n) is 28.3. The molecule has 0 spiro atoms. The second kappa shape index (κ2) is 50.7. The lowest BCUT2D eigenvalue weighted by molar-refractivity contribution is -0.142. The average Bonchev–Trinajstić information content (AvgIpc) is 1.61. The number of para-hydroxylation sites is 6. The Morgan fingerprint density at radius 1 is 0.322 bits per heavy atom. The molecule has 1 saturated heterocycles. The molecular weight excluding hydrogens is 1890 g/mol. The Balaban J connectivity index is 0.620. The van der Waals surface area contributed by atoms with Crippen molar-refractivity contribution in [3.63, 3.8) is 0 Å². The number of H-pyrrole nitrogens is 6. The van der Waals surface area contributed by atoms with Crippen molar-refractivity contribution in [2.24, 2.45) is 22.9 Å². The number of hydrogen-bond donors (Lipinski definition) is 22. The summed E-state index contributed by atoms with van der Waals surface area (Å²) in [7, 11) is 0. The number of carbonyl (C=O) groups is 13. The average molecular weight is 2020 g/mol. The molecule has 12 amide bonds. The van der Waals surface area contributed by atoms with Crippen LogP contribution in [0.3, 0.4) is 0 Å². The molecule has 7 heterocycles. The molecule has 0 radical (unpaired) electrons. The van der Waals surface area contributed by atoms with E-state index in [1.807, 2.05) is 188 Å². The molecule has 37 nitrogen and oxygen atoms in total. The summed E-state index contributed by atoms with van der Waals surface area (Å²) in [4.78, 5) is 216. The summed E-state index contributed by atoms with van der Waals surface area (Å²) in [6.45, 7) is 0.171. The molecule has 14 aromatic rings. The molecule has 149 heavy (non-hydrogen) atoms. The lowest BCUT2D eigenvalue weighted by Crippen LogP contribution is -2.60. The zero-order chi connectivity index (χ0) is 104. The van der Waals surface area contributed by atoms with Crippen LogP contribution in [0.25, 0.3) is 76.5 Å². The summed E-state index contributed by atoms with van der Waals surface area (Å²) in [6, 6.07) is 44.8. The van der Waals surface area contributed by atoms with Gasteiger partial charge in [0.25, 0.3) is 0 Å². The lowest BCUT2D eigenvalue weighted by atomic mass is 9.98. The number of aromatic nitrogens is 6. The molecule has 16 rings (SSSR count). The number of carbonyl (C=O) groups excluding carboxylic acids is 12. The van der Waals surface area contributed by atoms with E-state index in [-0.39, 0.29) is 116 Å². The minimum absolute atomic E-state index is 0.0146. The molecule has 2 aliphatic rings. The fourth-order valence-corrected chi connectivity index (χ4v) is 20.4. The largest absolute Gasteiger partial charge is 0.480 e. The molecule has 6 aromatic heterocycles. The predicted octanol–water partition coefficient (Wildman–Crippen LogP) is 8.31. The van der Waals surface area contributed by atoms with Crippen LogP contribution in [0.5, 0.6) is 0 Å². The number of amides is 12. The second-order valence-electron chi connectivity index (χ2n) is 38.4. The van der Waals surface area contributed by atoms with Crippen LogP contribution in [0, 0.1) is 0 Å². The van der Waals surface area contributed by atoms with E-state index in [1.165, 1.54) is 4.90 Å². The van der Waals surface area contributed by atoms with Crippen LogP contribution < -0.4 is 81.4 Å². The zero-order valence-electron chi connectivity index (χ0n) is 82.9. The highest BCUT2D eigenvalue weighted by Gasteiger charge is 2.42. The molecule has 0 bridgehead atoms. The third kappa shape index (κ3) is 26.4. The summed E-state index contributed by atoms with van der Waals surface area (Å²) in [5, 5.41) is 46.5. The van der Waals surface area contributed by atoms with Crippen LogP contribution in [0.4, 0.5) is 4.79 Å².